The summed E-state index contributed by atoms with van der Waals surface area (Å²) in [6.07, 6.45) is 3.66. The summed E-state index contributed by atoms with van der Waals surface area (Å²) in [4.78, 5) is 168. The van der Waals surface area contributed by atoms with Gasteiger partial charge in [-0.15, -0.1) is 0 Å². The van der Waals surface area contributed by atoms with Gasteiger partial charge < -0.3 is 71.5 Å². The van der Waals surface area contributed by atoms with Gasteiger partial charge in [0.2, 0.25) is 65.0 Å². The number of rotatable bonds is 18. The number of likely N-dealkylation sites (N-methyl/N-ethyl adjacent to an activating group) is 7. The van der Waals surface area contributed by atoms with Gasteiger partial charge >= 0.3 is 0 Å². The SMILES string of the molecule is C/C=C/C[C@@H](C)[C@@H](O)C1C(=O)N[C@H](CCC)C(=O)N(C)CC(=O)N(C)[C@@H](CC(C)(C)O)C(=O)N[C@H](C(C)C)C(=O)N(C)[C@@H](CC(C)C)C(=O)N[C@H](C)C(=O)NC(CCCCN)C(=O)N(C)CC(=O)N(C)[C@@H](CC(C)C)C(=O)N(C)[C@H](C(C)C)C(=O)N1C. The van der Waals surface area contributed by atoms with E-state index in [-0.39, 0.29) is 50.5 Å². The molecule has 25 nitrogen and oxygen atoms in total. The van der Waals surface area contributed by atoms with Crippen LogP contribution in [0.1, 0.15) is 155 Å². The zero-order valence-corrected chi connectivity index (χ0v) is 56.4. The van der Waals surface area contributed by atoms with Crippen molar-refractivity contribution in [1.82, 2.24) is 55.6 Å². The fourth-order valence-electron chi connectivity index (χ4n) is 10.6. The number of aliphatic hydroxyl groups excluding tert-OH is 1. The molecule has 0 aromatic heterocycles. The number of nitrogens with two attached hydrogens (primary N) is 1. The van der Waals surface area contributed by atoms with Gasteiger partial charge in [0.15, 0.2) is 0 Å². The molecule has 1 fully saturated rings. The average Bonchev–Trinajstić information content (AvgIpc) is 1.76. The first-order chi connectivity index (χ1) is 40.2. The summed E-state index contributed by atoms with van der Waals surface area (Å²) in [5.41, 5.74) is 4.26. The van der Waals surface area contributed by atoms with Crippen LogP contribution in [-0.2, 0) is 52.7 Å². The monoisotopic (exact) mass is 1230 g/mol. The van der Waals surface area contributed by atoms with Crippen LogP contribution in [0.3, 0.4) is 0 Å². The van der Waals surface area contributed by atoms with E-state index < -0.39 is 162 Å². The molecule has 0 radical (unpaired) electrons. The van der Waals surface area contributed by atoms with Gasteiger partial charge in [-0.2, -0.15) is 0 Å². The second-order valence-corrected chi connectivity index (χ2v) is 26.1. The lowest BCUT2D eigenvalue weighted by Gasteiger charge is -2.41. The average molecular weight is 1230 g/mol. The zero-order chi connectivity index (χ0) is 67.3. The number of hydrogen-bond donors (Lipinski definition) is 7. The Kier molecular flexibility index (Phi) is 32.9. The van der Waals surface area contributed by atoms with E-state index in [1.807, 2.05) is 27.7 Å². The molecule has 0 aromatic rings. The fraction of sp³-hybridized carbons (Fsp3) is 0.790. The molecule has 0 saturated carbocycles. The molecule has 1 rings (SSSR count). The number of amides is 11. The van der Waals surface area contributed by atoms with Gasteiger partial charge in [0.1, 0.15) is 54.4 Å². The maximum absolute atomic E-state index is 15.1. The minimum Gasteiger partial charge on any atom is -0.390 e. The summed E-state index contributed by atoms with van der Waals surface area (Å²) in [7, 11) is 9.59. The molecule has 1 aliphatic heterocycles. The molecule has 1 saturated heterocycles. The Hall–Kier alpha value is -6.21. The molecule has 1 aliphatic rings. The lowest BCUT2D eigenvalue weighted by atomic mass is 9.91. The quantitative estimate of drug-likeness (QED) is 0.0756. The minimum absolute atomic E-state index is 0.0543. The number of nitrogens with zero attached hydrogens (tertiary/aromatic N) is 7. The summed E-state index contributed by atoms with van der Waals surface area (Å²) in [6.45, 7) is 22.8. The van der Waals surface area contributed by atoms with Crippen molar-refractivity contribution in [3.63, 3.8) is 0 Å². The van der Waals surface area contributed by atoms with Crippen LogP contribution in [0, 0.1) is 29.6 Å². The predicted octanol–water partition coefficient (Wildman–Crippen LogP) is 1.47. The Morgan fingerprint density at radius 2 is 1.03 bits per heavy atom. The summed E-state index contributed by atoms with van der Waals surface area (Å²) < 4.78 is 0. The van der Waals surface area contributed by atoms with Crippen LogP contribution in [0.25, 0.3) is 0 Å². The van der Waals surface area contributed by atoms with Crippen molar-refractivity contribution in [2.45, 2.75) is 221 Å². The Morgan fingerprint density at radius 3 is 1.49 bits per heavy atom. The van der Waals surface area contributed by atoms with E-state index in [0.29, 0.717) is 25.7 Å². The van der Waals surface area contributed by atoms with Crippen molar-refractivity contribution < 1.29 is 63.0 Å². The molecule has 498 valence electrons. The first kappa shape index (κ1) is 78.8. The maximum atomic E-state index is 15.1. The van der Waals surface area contributed by atoms with Crippen LogP contribution < -0.4 is 27.0 Å². The molecule has 8 N–H and O–H groups in total. The summed E-state index contributed by atoms with van der Waals surface area (Å²) in [5.74, 6) is -10.2. The second kappa shape index (κ2) is 36.3. The normalized spacial score (nSPS) is 25.8. The van der Waals surface area contributed by atoms with Crippen molar-refractivity contribution in [2.75, 3.05) is 69.0 Å². The van der Waals surface area contributed by atoms with Gasteiger partial charge in [0, 0.05) is 55.8 Å². The van der Waals surface area contributed by atoms with E-state index in [1.165, 1.54) is 84.8 Å². The Balaban J connectivity index is 4.34. The lowest BCUT2D eigenvalue weighted by Crippen LogP contribution is -2.63. The lowest BCUT2D eigenvalue weighted by molar-refractivity contribution is -0.156. The number of hydrogen-bond acceptors (Lipinski definition) is 14. The van der Waals surface area contributed by atoms with E-state index in [4.69, 9.17) is 5.73 Å². The second-order valence-electron chi connectivity index (χ2n) is 26.1. The molecular formula is C62H112N12O13. The molecule has 11 amide bonds. The highest BCUT2D eigenvalue weighted by atomic mass is 16.3. The summed E-state index contributed by atoms with van der Waals surface area (Å²) in [5, 5.41) is 34.2. The summed E-state index contributed by atoms with van der Waals surface area (Å²) in [6, 6.07) is -11.7. The third kappa shape index (κ3) is 23.7. The van der Waals surface area contributed by atoms with Gasteiger partial charge in [-0.1, -0.05) is 87.8 Å². The predicted molar refractivity (Wildman–Crippen MR) is 333 cm³/mol. The molecule has 1 heterocycles. The number of carbonyl (C=O) groups is 11. The maximum Gasteiger partial charge on any atom is 0.246 e. The first-order valence-corrected chi connectivity index (χ1v) is 31.0. The number of carbonyl (C=O) groups excluding carboxylic acids is 11. The number of nitrogens with one attached hydrogen (secondary N) is 4. The van der Waals surface area contributed by atoms with E-state index in [1.54, 1.807) is 60.6 Å². The zero-order valence-electron chi connectivity index (χ0n) is 56.4. The highest BCUT2D eigenvalue weighted by Crippen LogP contribution is 2.25. The minimum atomic E-state index is -1.64. The van der Waals surface area contributed by atoms with Crippen molar-refractivity contribution in [3.8, 4) is 0 Å². The Labute approximate surface area is 519 Å². The molecular weight excluding hydrogens is 1120 g/mol. The van der Waals surface area contributed by atoms with E-state index in [9.17, 15) is 58.2 Å². The molecule has 25 heteroatoms. The highest BCUT2D eigenvalue weighted by molar-refractivity contribution is 5.99. The van der Waals surface area contributed by atoms with Gasteiger partial charge in [0.05, 0.1) is 24.8 Å². The molecule has 0 aliphatic carbocycles. The van der Waals surface area contributed by atoms with Gasteiger partial charge in [-0.05, 0) is 109 Å². The van der Waals surface area contributed by atoms with Crippen LogP contribution in [-0.4, -0.2) is 245 Å². The number of aliphatic hydroxyl groups is 2. The van der Waals surface area contributed by atoms with Crippen LogP contribution in [0.15, 0.2) is 12.2 Å². The number of allylic oxidation sites excluding steroid dienone is 2. The van der Waals surface area contributed by atoms with Crippen LogP contribution >= 0.6 is 0 Å². The standard InChI is InChI=1S/C62H112N12O13/c1-22-24-28-40(11)52(77)51-56(81)66-42(27-23-2)57(82)68(15)35-48(76)71(18)46(33-62(13,14)87)55(80)67-49(38(7)8)60(85)72(19)44(31-36(3)4)54(79)64-41(12)53(78)65-43(29-25-26-30-63)58(83)69(16)34-47(75)70(17)45(32-37(5)6)59(84)73(20)50(39(9)10)61(86)74(51)21/h22,24,36-46,49-52,77,87H,23,25-35,63H2,1-21H3,(H,64,79)(H,65,78)(H,66,81)(H,67,80)/b24-22+/t40-,41-,42-,43?,44+,45+,46+,49-,50-,51?,52-/m1/s1. The van der Waals surface area contributed by atoms with Crippen molar-refractivity contribution in [3.05, 3.63) is 12.2 Å². The largest absolute Gasteiger partial charge is 0.390 e. The van der Waals surface area contributed by atoms with Gasteiger partial charge in [-0.3, -0.25) is 52.7 Å². The molecule has 2 unspecified atom stereocenters. The van der Waals surface area contributed by atoms with Crippen molar-refractivity contribution >= 4 is 65.0 Å². The highest BCUT2D eigenvalue weighted by Gasteiger charge is 2.45. The van der Waals surface area contributed by atoms with Gasteiger partial charge in [-0.25, -0.2) is 0 Å². The molecule has 0 spiro atoms. The molecule has 0 aromatic carbocycles. The number of unbranched alkanes of at least 4 members (excludes halogenated alkanes) is 1. The summed E-state index contributed by atoms with van der Waals surface area (Å²) >= 11 is 0. The third-order valence-corrected chi connectivity index (χ3v) is 16.1. The molecule has 87 heavy (non-hydrogen) atoms. The molecule has 11 atom stereocenters. The van der Waals surface area contributed by atoms with Gasteiger partial charge in [0.25, 0.3) is 0 Å². The Morgan fingerprint density at radius 1 is 0.563 bits per heavy atom. The first-order valence-electron chi connectivity index (χ1n) is 31.0. The smallest absolute Gasteiger partial charge is 0.246 e. The molecule has 0 bridgehead atoms. The van der Waals surface area contributed by atoms with Crippen LogP contribution in [0.4, 0.5) is 0 Å². The Bertz CT molecular complexity index is 2360. The topological polar surface area (TPSA) is 325 Å². The fourth-order valence-corrected chi connectivity index (χ4v) is 10.6. The van der Waals surface area contributed by atoms with E-state index >= 15 is 4.79 Å². The van der Waals surface area contributed by atoms with Crippen molar-refractivity contribution in [1.29, 1.82) is 0 Å². The van der Waals surface area contributed by atoms with E-state index in [0.717, 1.165) is 19.6 Å². The van der Waals surface area contributed by atoms with Crippen LogP contribution in [0.2, 0.25) is 0 Å². The van der Waals surface area contributed by atoms with Crippen molar-refractivity contribution in [2.24, 2.45) is 35.3 Å². The third-order valence-electron chi connectivity index (χ3n) is 16.1. The van der Waals surface area contributed by atoms with E-state index in [2.05, 4.69) is 21.3 Å². The van der Waals surface area contributed by atoms with Crippen LogP contribution in [0.5, 0.6) is 0 Å².